The minimum absolute atomic E-state index is 0.337. The summed E-state index contributed by atoms with van der Waals surface area (Å²) in [5, 5.41) is 11.6. The first-order chi connectivity index (χ1) is 8.15. The monoisotopic (exact) mass is 241 g/mol. The van der Waals surface area contributed by atoms with Gasteiger partial charge in [0.25, 0.3) is 0 Å². The topological polar surface area (TPSA) is 61.8 Å². The van der Waals surface area contributed by atoms with Crippen LogP contribution in [0.1, 0.15) is 58.8 Å². The van der Waals surface area contributed by atoms with Gasteiger partial charge in [-0.05, 0) is 26.7 Å². The third-order valence-corrected chi connectivity index (χ3v) is 3.71. The van der Waals surface area contributed by atoms with E-state index in [1.165, 1.54) is 38.5 Å². The molecule has 100 valence electrons. The maximum absolute atomic E-state index is 8.59. The van der Waals surface area contributed by atoms with Gasteiger partial charge in [-0.25, -0.2) is 0 Å². The molecule has 3 N–H and O–H groups in total. The maximum Gasteiger partial charge on any atom is 0.140 e. The van der Waals surface area contributed by atoms with E-state index in [0.29, 0.717) is 24.3 Å². The third-order valence-electron chi connectivity index (χ3n) is 3.71. The molecule has 0 aromatic rings. The zero-order chi connectivity index (χ0) is 12.7. The number of hydrogen-bond donors (Lipinski definition) is 2. The second-order valence-electron chi connectivity index (χ2n) is 5.32. The van der Waals surface area contributed by atoms with Gasteiger partial charge in [-0.1, -0.05) is 30.8 Å². The molecule has 0 heterocycles. The highest BCUT2D eigenvalue weighted by Crippen LogP contribution is 2.23. The van der Waals surface area contributed by atoms with Crippen molar-refractivity contribution in [1.82, 2.24) is 4.90 Å². The van der Waals surface area contributed by atoms with Crippen LogP contribution in [0.5, 0.6) is 0 Å². The smallest absolute Gasteiger partial charge is 0.140 e. The number of oxime groups is 1. The SMILES string of the molecule is CC(C)N(CCC(N)=NO)C1CCCCCC1. The fourth-order valence-electron chi connectivity index (χ4n) is 2.75. The molecule has 0 aliphatic heterocycles. The quantitative estimate of drug-likeness (QED) is 0.256. The Hall–Kier alpha value is -0.770. The van der Waals surface area contributed by atoms with Crippen molar-refractivity contribution in [2.75, 3.05) is 6.54 Å². The molecule has 1 aliphatic carbocycles. The fourth-order valence-corrected chi connectivity index (χ4v) is 2.75. The summed E-state index contributed by atoms with van der Waals surface area (Å²) in [6, 6.07) is 1.22. The Balaban J connectivity index is 2.51. The molecule has 0 radical (unpaired) electrons. The van der Waals surface area contributed by atoms with Crippen molar-refractivity contribution >= 4 is 5.84 Å². The lowest BCUT2D eigenvalue weighted by molar-refractivity contribution is 0.142. The summed E-state index contributed by atoms with van der Waals surface area (Å²) in [7, 11) is 0. The summed E-state index contributed by atoms with van der Waals surface area (Å²) in [6.45, 7) is 5.37. The van der Waals surface area contributed by atoms with Crippen molar-refractivity contribution in [2.24, 2.45) is 10.9 Å². The van der Waals surface area contributed by atoms with E-state index in [4.69, 9.17) is 10.9 Å². The van der Waals surface area contributed by atoms with Crippen LogP contribution in [0.25, 0.3) is 0 Å². The average molecular weight is 241 g/mol. The lowest BCUT2D eigenvalue weighted by Crippen LogP contribution is -2.42. The predicted molar refractivity (Wildman–Crippen MR) is 71.4 cm³/mol. The second-order valence-corrected chi connectivity index (χ2v) is 5.32. The van der Waals surface area contributed by atoms with Crippen LogP contribution in [-0.2, 0) is 0 Å². The molecule has 0 aromatic carbocycles. The molecule has 0 saturated heterocycles. The Bertz CT molecular complexity index is 233. The molecular weight excluding hydrogens is 214 g/mol. The molecular formula is C13H27N3O. The van der Waals surface area contributed by atoms with Crippen LogP contribution in [0, 0.1) is 0 Å². The van der Waals surface area contributed by atoms with Crippen molar-refractivity contribution in [2.45, 2.75) is 70.9 Å². The summed E-state index contributed by atoms with van der Waals surface area (Å²) in [5.41, 5.74) is 5.56. The molecule has 1 rings (SSSR count). The first kappa shape index (κ1) is 14.3. The van der Waals surface area contributed by atoms with E-state index in [0.717, 1.165) is 6.54 Å². The van der Waals surface area contributed by atoms with Crippen LogP contribution in [0.4, 0.5) is 0 Å². The molecule has 1 saturated carbocycles. The van der Waals surface area contributed by atoms with Gasteiger partial charge < -0.3 is 10.9 Å². The van der Waals surface area contributed by atoms with Crippen LogP contribution < -0.4 is 5.73 Å². The average Bonchev–Trinajstić information content (AvgIpc) is 2.57. The Morgan fingerprint density at radius 3 is 2.35 bits per heavy atom. The highest BCUT2D eigenvalue weighted by molar-refractivity contribution is 5.79. The molecule has 0 unspecified atom stereocenters. The molecule has 0 spiro atoms. The van der Waals surface area contributed by atoms with Gasteiger partial charge in [-0.2, -0.15) is 0 Å². The largest absolute Gasteiger partial charge is 0.409 e. The van der Waals surface area contributed by atoms with Crippen molar-refractivity contribution < 1.29 is 5.21 Å². The van der Waals surface area contributed by atoms with Gasteiger partial charge in [0, 0.05) is 25.0 Å². The summed E-state index contributed by atoms with van der Waals surface area (Å²) in [4.78, 5) is 2.52. The number of hydrogen-bond acceptors (Lipinski definition) is 3. The van der Waals surface area contributed by atoms with Crippen LogP contribution >= 0.6 is 0 Å². The number of amidine groups is 1. The molecule has 0 bridgehead atoms. The Labute approximate surface area is 105 Å². The van der Waals surface area contributed by atoms with Crippen molar-refractivity contribution in [1.29, 1.82) is 0 Å². The van der Waals surface area contributed by atoms with Crippen molar-refractivity contribution in [3.05, 3.63) is 0 Å². The zero-order valence-electron chi connectivity index (χ0n) is 11.2. The Kier molecular flexibility index (Phi) is 6.34. The molecule has 1 aliphatic rings. The second kappa shape index (κ2) is 7.54. The van der Waals surface area contributed by atoms with Gasteiger partial charge in [0.05, 0.1) is 0 Å². The van der Waals surface area contributed by atoms with Crippen molar-refractivity contribution in [3.63, 3.8) is 0 Å². The third kappa shape index (κ3) is 4.94. The highest BCUT2D eigenvalue weighted by Gasteiger charge is 2.22. The van der Waals surface area contributed by atoms with Crippen molar-refractivity contribution in [3.8, 4) is 0 Å². The van der Waals surface area contributed by atoms with Gasteiger partial charge in [-0.15, -0.1) is 0 Å². The fraction of sp³-hybridized carbons (Fsp3) is 0.923. The number of nitrogens with two attached hydrogens (primary N) is 1. The zero-order valence-corrected chi connectivity index (χ0v) is 11.2. The van der Waals surface area contributed by atoms with E-state index < -0.39 is 0 Å². The van der Waals surface area contributed by atoms with Gasteiger partial charge in [0.2, 0.25) is 0 Å². The first-order valence-electron chi connectivity index (χ1n) is 6.87. The van der Waals surface area contributed by atoms with E-state index in [-0.39, 0.29) is 0 Å². The Morgan fingerprint density at radius 2 is 1.88 bits per heavy atom. The van der Waals surface area contributed by atoms with Gasteiger partial charge >= 0.3 is 0 Å². The number of rotatable bonds is 5. The van der Waals surface area contributed by atoms with Gasteiger partial charge in [0.1, 0.15) is 5.84 Å². The molecule has 4 heteroatoms. The molecule has 0 aromatic heterocycles. The van der Waals surface area contributed by atoms with E-state index in [1.807, 2.05) is 0 Å². The lowest BCUT2D eigenvalue weighted by Gasteiger charge is -2.34. The molecule has 4 nitrogen and oxygen atoms in total. The van der Waals surface area contributed by atoms with Gasteiger partial charge in [0.15, 0.2) is 0 Å². The normalized spacial score (nSPS) is 19.9. The standard InChI is InChI=1S/C13H27N3O/c1-11(2)16(10-9-13(14)15-17)12-7-5-3-4-6-8-12/h11-12,17H,3-10H2,1-2H3,(H2,14,15). The lowest BCUT2D eigenvalue weighted by atomic mass is 10.0. The molecule has 0 atom stereocenters. The van der Waals surface area contributed by atoms with Crippen LogP contribution in [0.2, 0.25) is 0 Å². The van der Waals surface area contributed by atoms with E-state index in [9.17, 15) is 0 Å². The van der Waals surface area contributed by atoms with E-state index in [2.05, 4.69) is 23.9 Å². The highest BCUT2D eigenvalue weighted by atomic mass is 16.4. The summed E-state index contributed by atoms with van der Waals surface area (Å²) >= 11 is 0. The molecule has 0 amide bonds. The van der Waals surface area contributed by atoms with Crippen LogP contribution in [0.3, 0.4) is 0 Å². The predicted octanol–water partition coefficient (Wildman–Crippen LogP) is 2.56. The summed E-state index contributed by atoms with van der Waals surface area (Å²) in [5.74, 6) is 0.337. The Morgan fingerprint density at radius 1 is 1.29 bits per heavy atom. The van der Waals surface area contributed by atoms with Crippen LogP contribution in [0.15, 0.2) is 5.16 Å². The summed E-state index contributed by atoms with van der Waals surface area (Å²) < 4.78 is 0. The first-order valence-corrected chi connectivity index (χ1v) is 6.87. The van der Waals surface area contributed by atoms with Gasteiger partial charge in [-0.3, -0.25) is 4.90 Å². The van der Waals surface area contributed by atoms with E-state index >= 15 is 0 Å². The molecule has 1 fully saturated rings. The minimum Gasteiger partial charge on any atom is -0.409 e. The van der Waals surface area contributed by atoms with E-state index in [1.54, 1.807) is 0 Å². The minimum atomic E-state index is 0.337. The molecule has 17 heavy (non-hydrogen) atoms. The summed E-state index contributed by atoms with van der Waals surface area (Å²) in [6.07, 6.45) is 8.70. The van der Waals surface area contributed by atoms with Crippen LogP contribution in [-0.4, -0.2) is 34.6 Å². The number of nitrogens with zero attached hydrogens (tertiary/aromatic N) is 2. The maximum atomic E-state index is 8.59.